The van der Waals surface area contributed by atoms with Gasteiger partial charge in [0.25, 0.3) is 0 Å². The van der Waals surface area contributed by atoms with E-state index < -0.39 is 35.3 Å². The maximum absolute atomic E-state index is 13.3. The Hall–Kier alpha value is -1.08. The molecule has 0 spiro atoms. The summed E-state index contributed by atoms with van der Waals surface area (Å²) in [7, 11) is 0. The molecule has 0 bridgehead atoms. The van der Waals surface area contributed by atoms with Gasteiger partial charge < -0.3 is 5.43 Å². The van der Waals surface area contributed by atoms with Gasteiger partial charge in [-0.3, -0.25) is 0 Å². The number of hydrogen-bond acceptors (Lipinski definition) is 2. The molecule has 0 saturated carbocycles. The first-order valence-electron chi connectivity index (χ1n) is 4.92. The van der Waals surface area contributed by atoms with E-state index in [4.69, 9.17) is 11.6 Å². The summed E-state index contributed by atoms with van der Waals surface area (Å²) in [6.45, 7) is 0.514. The Morgan fingerprint density at radius 1 is 1.28 bits per heavy atom. The minimum Gasteiger partial charge on any atom is -0.319 e. The van der Waals surface area contributed by atoms with Gasteiger partial charge in [-0.05, 0) is 12.1 Å². The molecule has 2 nitrogen and oxygen atoms in total. The van der Waals surface area contributed by atoms with Crippen LogP contribution < -0.4 is 10.9 Å². The van der Waals surface area contributed by atoms with Gasteiger partial charge in [0.2, 0.25) is 0 Å². The first-order chi connectivity index (χ1) is 8.23. The highest BCUT2D eigenvalue weighted by molar-refractivity contribution is 6.31. The van der Waals surface area contributed by atoms with Gasteiger partial charge in [0, 0.05) is 6.54 Å². The topological polar surface area (TPSA) is 24.1 Å². The van der Waals surface area contributed by atoms with E-state index in [1.165, 1.54) is 0 Å². The van der Waals surface area contributed by atoms with Crippen molar-refractivity contribution < 1.29 is 22.0 Å². The van der Waals surface area contributed by atoms with Crippen molar-refractivity contribution in [1.82, 2.24) is 5.43 Å². The van der Waals surface area contributed by atoms with Crippen LogP contribution in [-0.4, -0.2) is 12.7 Å². The predicted octanol–water partition coefficient (Wildman–Crippen LogP) is 3.73. The quantitative estimate of drug-likeness (QED) is 0.501. The van der Waals surface area contributed by atoms with E-state index in [1.54, 1.807) is 0 Å². The summed E-state index contributed by atoms with van der Waals surface area (Å²) in [5.41, 5.74) is 4.19. The van der Waals surface area contributed by atoms with Crippen LogP contribution in [0.1, 0.15) is 6.92 Å². The first kappa shape index (κ1) is 15.0. The number of benzene rings is 1. The zero-order valence-electron chi connectivity index (χ0n) is 9.21. The lowest BCUT2D eigenvalue weighted by atomic mass is 10.2. The lowest BCUT2D eigenvalue weighted by Gasteiger charge is -2.17. The fraction of sp³-hybridized carbons (Fsp3) is 0.400. The number of rotatable bonds is 4. The Labute approximate surface area is 105 Å². The van der Waals surface area contributed by atoms with Crippen LogP contribution in [0.5, 0.6) is 0 Å². The molecule has 1 aromatic carbocycles. The SMILES string of the molecule is CC(CNNc1ccc(F)c(Cl)c1F)C(F)(F)F. The van der Waals surface area contributed by atoms with Gasteiger partial charge in [0.05, 0.1) is 11.6 Å². The molecule has 102 valence electrons. The highest BCUT2D eigenvalue weighted by Gasteiger charge is 2.35. The van der Waals surface area contributed by atoms with E-state index in [9.17, 15) is 22.0 Å². The van der Waals surface area contributed by atoms with Crippen LogP contribution in [0.2, 0.25) is 5.02 Å². The van der Waals surface area contributed by atoms with Gasteiger partial charge in [0.1, 0.15) is 10.8 Å². The van der Waals surface area contributed by atoms with Gasteiger partial charge in [-0.1, -0.05) is 18.5 Å². The maximum Gasteiger partial charge on any atom is 0.392 e. The second kappa shape index (κ2) is 5.71. The molecule has 1 rings (SSSR count). The highest BCUT2D eigenvalue weighted by atomic mass is 35.5. The van der Waals surface area contributed by atoms with Crippen LogP contribution in [0.15, 0.2) is 12.1 Å². The minimum atomic E-state index is -4.34. The number of halogens is 6. The van der Waals surface area contributed by atoms with Gasteiger partial charge in [-0.15, -0.1) is 0 Å². The Bertz CT molecular complexity index is 421. The van der Waals surface area contributed by atoms with E-state index in [0.29, 0.717) is 0 Å². The summed E-state index contributed by atoms with van der Waals surface area (Å²) >= 11 is 5.30. The first-order valence-corrected chi connectivity index (χ1v) is 5.30. The van der Waals surface area contributed by atoms with E-state index in [2.05, 4.69) is 10.9 Å². The summed E-state index contributed by atoms with van der Waals surface area (Å²) in [4.78, 5) is 0. The zero-order valence-corrected chi connectivity index (χ0v) is 9.96. The molecule has 0 radical (unpaired) electrons. The van der Waals surface area contributed by atoms with Gasteiger partial charge in [-0.2, -0.15) is 13.2 Å². The van der Waals surface area contributed by atoms with Crippen LogP contribution in [0, 0.1) is 17.6 Å². The van der Waals surface area contributed by atoms with Crippen LogP contribution in [-0.2, 0) is 0 Å². The summed E-state index contributed by atoms with van der Waals surface area (Å²) < 4.78 is 62.6. The predicted molar refractivity (Wildman–Crippen MR) is 58.2 cm³/mol. The van der Waals surface area contributed by atoms with Crippen molar-refractivity contribution in [2.75, 3.05) is 12.0 Å². The Balaban J connectivity index is 2.58. The van der Waals surface area contributed by atoms with Crippen molar-refractivity contribution in [3.63, 3.8) is 0 Å². The Morgan fingerprint density at radius 3 is 2.44 bits per heavy atom. The van der Waals surface area contributed by atoms with Crippen molar-refractivity contribution in [2.45, 2.75) is 13.1 Å². The van der Waals surface area contributed by atoms with Crippen LogP contribution >= 0.6 is 11.6 Å². The lowest BCUT2D eigenvalue weighted by molar-refractivity contribution is -0.167. The molecule has 1 atom stereocenters. The molecule has 18 heavy (non-hydrogen) atoms. The molecule has 0 heterocycles. The summed E-state index contributed by atoms with van der Waals surface area (Å²) in [5, 5.41) is -0.717. The molecular weight excluding hydrogens is 279 g/mol. The van der Waals surface area contributed by atoms with Gasteiger partial charge >= 0.3 is 6.18 Å². The minimum absolute atomic E-state index is 0.226. The van der Waals surface area contributed by atoms with Crippen LogP contribution in [0.4, 0.5) is 27.6 Å². The monoisotopic (exact) mass is 288 g/mol. The second-order valence-electron chi connectivity index (χ2n) is 3.67. The molecule has 0 aliphatic rings. The van der Waals surface area contributed by atoms with E-state index >= 15 is 0 Å². The third-order valence-corrected chi connectivity index (χ3v) is 2.57. The van der Waals surface area contributed by atoms with Crippen LogP contribution in [0.3, 0.4) is 0 Å². The average Bonchev–Trinajstić information content (AvgIpc) is 2.27. The standard InChI is InChI=1S/C10H10ClF5N2/c1-5(10(14,15)16)4-17-18-7-3-2-6(12)8(11)9(7)13/h2-3,5,17-18H,4H2,1H3. The number of alkyl halides is 3. The van der Waals surface area contributed by atoms with Gasteiger partial charge in [0.15, 0.2) is 5.82 Å². The molecule has 0 amide bonds. The molecule has 0 fully saturated rings. The molecule has 8 heteroatoms. The molecule has 1 unspecified atom stereocenters. The third kappa shape index (κ3) is 3.71. The van der Waals surface area contributed by atoms with E-state index in [0.717, 1.165) is 19.1 Å². The summed E-state index contributed by atoms with van der Waals surface area (Å²) in [6.07, 6.45) is -4.34. The number of hydrogen-bond donors (Lipinski definition) is 2. The molecule has 1 aromatic rings. The molecule has 0 aromatic heterocycles. The summed E-state index contributed by atoms with van der Waals surface area (Å²) in [5.74, 6) is -3.61. The lowest BCUT2D eigenvalue weighted by Crippen LogP contribution is -2.34. The van der Waals surface area contributed by atoms with Gasteiger partial charge in [-0.25, -0.2) is 14.2 Å². The van der Waals surface area contributed by atoms with Crippen molar-refractivity contribution in [1.29, 1.82) is 0 Å². The van der Waals surface area contributed by atoms with Crippen molar-refractivity contribution in [2.24, 2.45) is 5.92 Å². The molecule has 0 saturated heterocycles. The highest BCUT2D eigenvalue weighted by Crippen LogP contribution is 2.26. The fourth-order valence-corrected chi connectivity index (χ4v) is 1.20. The van der Waals surface area contributed by atoms with Crippen LogP contribution in [0.25, 0.3) is 0 Å². The largest absolute Gasteiger partial charge is 0.392 e. The van der Waals surface area contributed by atoms with E-state index in [-0.39, 0.29) is 5.69 Å². The van der Waals surface area contributed by atoms with E-state index in [1.807, 2.05) is 0 Å². The van der Waals surface area contributed by atoms with Crippen molar-refractivity contribution in [3.05, 3.63) is 28.8 Å². The van der Waals surface area contributed by atoms with Crippen molar-refractivity contribution in [3.8, 4) is 0 Å². The Morgan fingerprint density at radius 2 is 1.89 bits per heavy atom. The fourth-order valence-electron chi connectivity index (χ4n) is 1.04. The number of anilines is 1. The number of hydrazine groups is 1. The average molecular weight is 289 g/mol. The zero-order chi connectivity index (χ0) is 13.9. The third-order valence-electron chi connectivity index (χ3n) is 2.23. The molecule has 2 N–H and O–H groups in total. The maximum atomic E-state index is 13.3. The molecule has 0 aliphatic heterocycles. The Kier molecular flexibility index (Phi) is 4.75. The summed E-state index contributed by atoms with van der Waals surface area (Å²) in [6, 6.07) is 1.93. The normalized spacial score (nSPS) is 13.5. The molecule has 0 aliphatic carbocycles. The smallest absolute Gasteiger partial charge is 0.319 e. The molecular formula is C10H10ClF5N2. The second-order valence-corrected chi connectivity index (χ2v) is 4.05. The number of nitrogens with one attached hydrogen (secondary N) is 2. The van der Waals surface area contributed by atoms with Crippen molar-refractivity contribution >= 4 is 17.3 Å².